The van der Waals surface area contributed by atoms with Crippen molar-refractivity contribution in [3.8, 4) is 0 Å². The van der Waals surface area contributed by atoms with Gasteiger partial charge >= 0.3 is 0 Å². The van der Waals surface area contributed by atoms with Crippen LogP contribution in [0.4, 0.5) is 0 Å². The third-order valence-corrected chi connectivity index (χ3v) is 5.54. The van der Waals surface area contributed by atoms with Crippen LogP contribution in [0.1, 0.15) is 17.7 Å². The average Bonchev–Trinajstić information content (AvgIpc) is 3.02. The lowest BCUT2D eigenvalue weighted by Gasteiger charge is -2.07. The van der Waals surface area contributed by atoms with Gasteiger partial charge in [-0.15, -0.1) is 11.3 Å². The van der Waals surface area contributed by atoms with E-state index in [2.05, 4.69) is 32.3 Å². The number of hydrogen-bond donors (Lipinski definition) is 1. The van der Waals surface area contributed by atoms with Crippen molar-refractivity contribution in [2.45, 2.75) is 25.8 Å². The molecule has 0 aliphatic carbocycles. The van der Waals surface area contributed by atoms with Crippen LogP contribution in [0.2, 0.25) is 0 Å². The molecule has 3 aromatic rings. The zero-order valence-corrected chi connectivity index (χ0v) is 16.0. The van der Waals surface area contributed by atoms with Crippen molar-refractivity contribution in [1.29, 1.82) is 0 Å². The van der Waals surface area contributed by atoms with Gasteiger partial charge in [-0.25, -0.2) is 4.98 Å². The van der Waals surface area contributed by atoms with Gasteiger partial charge in [-0.2, -0.15) is 0 Å². The molecule has 25 heavy (non-hydrogen) atoms. The first kappa shape index (κ1) is 17.8. The lowest BCUT2D eigenvalue weighted by molar-refractivity contribution is -0.121. The van der Waals surface area contributed by atoms with E-state index in [1.54, 1.807) is 28.3 Å². The highest BCUT2D eigenvalue weighted by molar-refractivity contribution is 9.11. The zero-order valence-electron chi connectivity index (χ0n) is 13.6. The molecule has 0 atom stereocenters. The van der Waals surface area contributed by atoms with E-state index < -0.39 is 0 Å². The molecule has 0 fully saturated rings. The Hall–Kier alpha value is -1.99. The summed E-state index contributed by atoms with van der Waals surface area (Å²) in [5, 5.41) is 3.53. The molecule has 0 saturated heterocycles. The van der Waals surface area contributed by atoms with Gasteiger partial charge in [0.1, 0.15) is 0 Å². The van der Waals surface area contributed by atoms with E-state index in [1.807, 2.05) is 24.3 Å². The summed E-state index contributed by atoms with van der Waals surface area (Å²) in [6.07, 6.45) is 3.39. The number of aromatic nitrogens is 2. The first-order valence-electron chi connectivity index (χ1n) is 8.08. The molecular formula is C18H18BrN3O2S. The Morgan fingerprint density at radius 1 is 1.24 bits per heavy atom. The Balaban J connectivity index is 1.45. The van der Waals surface area contributed by atoms with Crippen molar-refractivity contribution in [2.24, 2.45) is 0 Å². The number of nitrogens with one attached hydrogen (secondary N) is 1. The molecule has 1 amide bonds. The molecule has 2 aromatic heterocycles. The molecule has 0 radical (unpaired) electrons. The number of halogens is 1. The van der Waals surface area contributed by atoms with Crippen LogP contribution in [-0.4, -0.2) is 22.0 Å². The number of carbonyl (C=O) groups is 1. The summed E-state index contributed by atoms with van der Waals surface area (Å²) in [5.74, 6) is 0.0115. The highest BCUT2D eigenvalue weighted by atomic mass is 79.9. The lowest BCUT2D eigenvalue weighted by atomic mass is 10.2. The van der Waals surface area contributed by atoms with E-state index in [-0.39, 0.29) is 11.5 Å². The van der Waals surface area contributed by atoms with Crippen molar-refractivity contribution in [2.75, 3.05) is 6.54 Å². The van der Waals surface area contributed by atoms with Gasteiger partial charge in [0.25, 0.3) is 5.56 Å². The second-order valence-electron chi connectivity index (χ2n) is 5.67. The summed E-state index contributed by atoms with van der Waals surface area (Å²) in [5.41, 5.74) is 0.635. The fraction of sp³-hybridized carbons (Fsp3) is 0.278. The van der Waals surface area contributed by atoms with Crippen LogP contribution in [0.25, 0.3) is 10.9 Å². The average molecular weight is 420 g/mol. The second-order valence-corrected chi connectivity index (χ2v) is 8.22. The van der Waals surface area contributed by atoms with Gasteiger partial charge < -0.3 is 5.32 Å². The van der Waals surface area contributed by atoms with Crippen molar-refractivity contribution >= 4 is 44.1 Å². The molecule has 0 saturated carbocycles. The number of thiophene rings is 1. The predicted molar refractivity (Wildman–Crippen MR) is 104 cm³/mol. The van der Waals surface area contributed by atoms with Crippen molar-refractivity contribution in [3.05, 3.63) is 61.7 Å². The van der Waals surface area contributed by atoms with Gasteiger partial charge in [0.2, 0.25) is 5.91 Å². The van der Waals surface area contributed by atoms with Crippen LogP contribution in [0.3, 0.4) is 0 Å². The first-order chi connectivity index (χ1) is 12.1. The fourth-order valence-corrected chi connectivity index (χ4v) is 4.06. The Morgan fingerprint density at radius 3 is 2.88 bits per heavy atom. The van der Waals surface area contributed by atoms with E-state index in [4.69, 9.17) is 0 Å². The van der Waals surface area contributed by atoms with E-state index in [0.29, 0.717) is 36.8 Å². The highest BCUT2D eigenvalue weighted by Crippen LogP contribution is 2.22. The zero-order chi connectivity index (χ0) is 17.6. The molecule has 130 valence electrons. The normalized spacial score (nSPS) is 10.9. The van der Waals surface area contributed by atoms with E-state index in [0.717, 1.165) is 10.2 Å². The van der Waals surface area contributed by atoms with Crippen LogP contribution in [0, 0.1) is 0 Å². The number of aryl methyl sites for hydroxylation is 1. The monoisotopic (exact) mass is 419 g/mol. The van der Waals surface area contributed by atoms with Gasteiger partial charge in [0, 0.05) is 24.4 Å². The van der Waals surface area contributed by atoms with Crippen LogP contribution in [-0.2, 0) is 17.8 Å². The van der Waals surface area contributed by atoms with Gasteiger partial charge in [-0.1, -0.05) is 12.1 Å². The minimum absolute atomic E-state index is 0.0115. The minimum Gasteiger partial charge on any atom is -0.356 e. The summed E-state index contributed by atoms with van der Waals surface area (Å²) in [6, 6.07) is 11.3. The van der Waals surface area contributed by atoms with Crippen molar-refractivity contribution in [3.63, 3.8) is 0 Å². The van der Waals surface area contributed by atoms with Crippen LogP contribution in [0.15, 0.2) is 51.3 Å². The number of hydrogen-bond acceptors (Lipinski definition) is 4. The number of amides is 1. The number of para-hydroxylation sites is 1. The largest absolute Gasteiger partial charge is 0.356 e. The van der Waals surface area contributed by atoms with E-state index >= 15 is 0 Å². The van der Waals surface area contributed by atoms with Gasteiger partial charge in [0.05, 0.1) is 21.0 Å². The second kappa shape index (κ2) is 8.40. The number of carbonyl (C=O) groups excluding carboxylic acids is 1. The maximum Gasteiger partial charge on any atom is 0.261 e. The molecule has 0 unspecified atom stereocenters. The topological polar surface area (TPSA) is 64.0 Å². The Morgan fingerprint density at radius 2 is 2.08 bits per heavy atom. The maximum atomic E-state index is 12.4. The Kier molecular flexibility index (Phi) is 5.99. The highest BCUT2D eigenvalue weighted by Gasteiger charge is 2.05. The number of nitrogens with zero attached hydrogens (tertiary/aromatic N) is 2. The van der Waals surface area contributed by atoms with Crippen LogP contribution < -0.4 is 10.9 Å². The lowest BCUT2D eigenvalue weighted by Crippen LogP contribution is -2.26. The molecule has 2 heterocycles. The Bertz CT molecular complexity index is 935. The molecule has 0 spiro atoms. The third-order valence-electron chi connectivity index (χ3n) is 3.86. The molecular weight excluding hydrogens is 402 g/mol. The maximum absolute atomic E-state index is 12.4. The SMILES string of the molecule is O=C(CCCn1cnc2ccccc2c1=O)NCCc1ccc(Br)s1. The summed E-state index contributed by atoms with van der Waals surface area (Å²) < 4.78 is 2.67. The smallest absolute Gasteiger partial charge is 0.261 e. The molecule has 7 heteroatoms. The molecule has 5 nitrogen and oxygen atoms in total. The van der Waals surface area contributed by atoms with Crippen molar-refractivity contribution < 1.29 is 4.79 Å². The number of rotatable bonds is 7. The quantitative estimate of drug-likeness (QED) is 0.638. The van der Waals surface area contributed by atoms with E-state index in [1.165, 1.54) is 4.88 Å². The summed E-state index contributed by atoms with van der Waals surface area (Å²) >= 11 is 5.11. The van der Waals surface area contributed by atoms with Gasteiger partial charge in [-0.05, 0) is 53.0 Å². The number of benzene rings is 1. The summed E-state index contributed by atoms with van der Waals surface area (Å²) in [7, 11) is 0. The summed E-state index contributed by atoms with van der Waals surface area (Å²) in [6.45, 7) is 1.12. The Labute approximate surface area is 157 Å². The standard InChI is InChI=1S/C18H18BrN3O2S/c19-16-8-7-13(25-16)9-10-20-17(23)6-3-11-22-12-21-15-5-2-1-4-14(15)18(22)24/h1-2,4-5,7-8,12H,3,6,9-11H2,(H,20,23). The number of fused-ring (bicyclic) bond motifs is 1. The molecule has 0 aliphatic rings. The predicted octanol–water partition coefficient (Wildman–Crippen LogP) is 3.36. The molecule has 0 bridgehead atoms. The van der Waals surface area contributed by atoms with Crippen LogP contribution in [0.5, 0.6) is 0 Å². The fourth-order valence-electron chi connectivity index (χ4n) is 2.57. The van der Waals surface area contributed by atoms with Crippen molar-refractivity contribution in [1.82, 2.24) is 14.9 Å². The minimum atomic E-state index is -0.0609. The summed E-state index contributed by atoms with van der Waals surface area (Å²) in [4.78, 5) is 29.8. The third kappa shape index (κ3) is 4.76. The molecule has 1 aromatic carbocycles. The van der Waals surface area contributed by atoms with E-state index in [9.17, 15) is 9.59 Å². The first-order valence-corrected chi connectivity index (χ1v) is 9.69. The van der Waals surface area contributed by atoms with Crippen LogP contribution >= 0.6 is 27.3 Å². The van der Waals surface area contributed by atoms with Gasteiger partial charge in [0.15, 0.2) is 0 Å². The molecule has 1 N–H and O–H groups in total. The molecule has 0 aliphatic heterocycles. The molecule has 3 rings (SSSR count). The van der Waals surface area contributed by atoms with Gasteiger partial charge in [-0.3, -0.25) is 14.2 Å².